The van der Waals surface area contributed by atoms with Crippen LogP contribution in [0.5, 0.6) is 0 Å². The molecule has 0 bridgehead atoms. The van der Waals surface area contributed by atoms with Gasteiger partial charge in [-0.15, -0.1) is 0 Å². The Morgan fingerprint density at radius 3 is 2.59 bits per heavy atom. The summed E-state index contributed by atoms with van der Waals surface area (Å²) >= 11 is 0. The molecule has 1 saturated carbocycles. The van der Waals surface area contributed by atoms with Crippen LogP contribution >= 0.6 is 0 Å². The van der Waals surface area contributed by atoms with E-state index >= 15 is 0 Å². The smallest absolute Gasteiger partial charge is 0.407 e. The molecule has 2 N–H and O–H groups in total. The van der Waals surface area contributed by atoms with Gasteiger partial charge in [0.15, 0.2) is 0 Å². The minimum absolute atomic E-state index is 0.230. The Balaban J connectivity index is 1.78. The first kappa shape index (κ1) is 16.8. The molecule has 1 aromatic rings. The van der Waals surface area contributed by atoms with Crippen LogP contribution in [0.15, 0.2) is 30.3 Å². The molecule has 22 heavy (non-hydrogen) atoms. The molecule has 2 atom stereocenters. The van der Waals surface area contributed by atoms with Crippen LogP contribution < -0.4 is 5.32 Å². The van der Waals surface area contributed by atoms with Gasteiger partial charge in [-0.05, 0) is 24.8 Å². The van der Waals surface area contributed by atoms with Crippen molar-refractivity contribution in [1.29, 1.82) is 0 Å². The van der Waals surface area contributed by atoms with Crippen molar-refractivity contribution < 1.29 is 14.6 Å². The van der Waals surface area contributed by atoms with Gasteiger partial charge in [0.1, 0.15) is 6.61 Å². The Kier molecular flexibility index (Phi) is 6.72. The van der Waals surface area contributed by atoms with E-state index in [1.807, 2.05) is 30.3 Å². The molecular formula is C18H27NO3. The van der Waals surface area contributed by atoms with Gasteiger partial charge in [-0.2, -0.15) is 0 Å². The minimum Gasteiger partial charge on any atom is -0.445 e. The van der Waals surface area contributed by atoms with Crippen LogP contribution in [0.3, 0.4) is 0 Å². The Labute approximate surface area is 132 Å². The van der Waals surface area contributed by atoms with Crippen molar-refractivity contribution in [3.8, 4) is 0 Å². The normalized spacial score (nSPS) is 18.5. The lowest BCUT2D eigenvalue weighted by molar-refractivity contribution is 0.0984. The zero-order chi connectivity index (χ0) is 15.8. The van der Waals surface area contributed by atoms with Crippen molar-refractivity contribution in [2.75, 3.05) is 0 Å². The number of carbonyl (C=O) groups excluding carboxylic acids is 1. The molecule has 2 rings (SSSR count). The van der Waals surface area contributed by atoms with E-state index in [0.717, 1.165) is 12.0 Å². The molecule has 4 heteroatoms. The molecule has 0 heterocycles. The van der Waals surface area contributed by atoms with Crippen molar-refractivity contribution in [2.45, 2.75) is 64.2 Å². The second kappa shape index (κ2) is 8.79. The van der Waals surface area contributed by atoms with Gasteiger partial charge in [0.2, 0.25) is 0 Å². The van der Waals surface area contributed by atoms with Crippen molar-refractivity contribution >= 4 is 6.09 Å². The Morgan fingerprint density at radius 2 is 1.95 bits per heavy atom. The molecule has 0 radical (unpaired) electrons. The monoisotopic (exact) mass is 305 g/mol. The molecule has 1 aliphatic rings. The zero-order valence-electron chi connectivity index (χ0n) is 13.3. The van der Waals surface area contributed by atoms with Gasteiger partial charge in [0, 0.05) is 0 Å². The summed E-state index contributed by atoms with van der Waals surface area (Å²) in [5, 5.41) is 12.7. The molecule has 0 saturated heterocycles. The molecule has 0 spiro atoms. The highest BCUT2D eigenvalue weighted by molar-refractivity contribution is 5.67. The largest absolute Gasteiger partial charge is 0.445 e. The fourth-order valence-electron chi connectivity index (χ4n) is 3.07. The van der Waals surface area contributed by atoms with Crippen molar-refractivity contribution in [2.24, 2.45) is 5.92 Å². The van der Waals surface area contributed by atoms with E-state index in [-0.39, 0.29) is 12.6 Å². The van der Waals surface area contributed by atoms with Crippen LogP contribution in [-0.2, 0) is 11.3 Å². The summed E-state index contributed by atoms with van der Waals surface area (Å²) in [6.07, 6.45) is 6.04. The quantitative estimate of drug-likeness (QED) is 0.843. The predicted octanol–water partition coefficient (Wildman–Crippen LogP) is 3.63. The molecule has 1 aromatic carbocycles. The highest BCUT2D eigenvalue weighted by Crippen LogP contribution is 2.28. The number of ether oxygens (including phenoxy) is 1. The first-order chi connectivity index (χ1) is 10.6. The molecule has 122 valence electrons. The average Bonchev–Trinajstić information content (AvgIpc) is 2.54. The van der Waals surface area contributed by atoms with Gasteiger partial charge in [-0.3, -0.25) is 0 Å². The molecule has 4 nitrogen and oxygen atoms in total. The van der Waals surface area contributed by atoms with E-state index in [1.54, 1.807) is 6.92 Å². The third-order valence-corrected chi connectivity index (χ3v) is 4.41. The van der Waals surface area contributed by atoms with E-state index in [4.69, 9.17) is 4.74 Å². The number of rotatable bonds is 6. The van der Waals surface area contributed by atoms with Crippen LogP contribution in [0, 0.1) is 5.92 Å². The van der Waals surface area contributed by atoms with Gasteiger partial charge in [0.05, 0.1) is 12.1 Å². The fourth-order valence-corrected chi connectivity index (χ4v) is 3.07. The molecular weight excluding hydrogens is 278 g/mol. The number of carbonyl (C=O) groups is 1. The third-order valence-electron chi connectivity index (χ3n) is 4.41. The SMILES string of the molecule is CC(O)C(CC1CCCCC1)NC(=O)OCc1ccccc1. The van der Waals surface area contributed by atoms with Gasteiger partial charge in [-0.1, -0.05) is 62.4 Å². The standard InChI is InChI=1S/C18H27NO3/c1-14(20)17(12-15-8-4-2-5-9-15)19-18(21)22-13-16-10-6-3-7-11-16/h3,6-7,10-11,14-15,17,20H,2,4-5,8-9,12-13H2,1H3,(H,19,21). The van der Waals surface area contributed by atoms with Crippen LogP contribution in [0.1, 0.15) is 51.0 Å². The highest BCUT2D eigenvalue weighted by atomic mass is 16.5. The number of benzene rings is 1. The molecule has 2 unspecified atom stereocenters. The number of amides is 1. The van der Waals surface area contributed by atoms with Crippen LogP contribution in [0.2, 0.25) is 0 Å². The van der Waals surface area contributed by atoms with E-state index in [1.165, 1.54) is 32.1 Å². The maximum absolute atomic E-state index is 11.9. The molecule has 1 amide bonds. The second-order valence-corrected chi connectivity index (χ2v) is 6.29. The Morgan fingerprint density at radius 1 is 1.27 bits per heavy atom. The zero-order valence-corrected chi connectivity index (χ0v) is 13.3. The van der Waals surface area contributed by atoms with E-state index in [9.17, 15) is 9.90 Å². The van der Waals surface area contributed by atoms with E-state index in [0.29, 0.717) is 5.92 Å². The van der Waals surface area contributed by atoms with Crippen molar-refractivity contribution in [3.05, 3.63) is 35.9 Å². The predicted molar refractivity (Wildman–Crippen MR) is 86.4 cm³/mol. The second-order valence-electron chi connectivity index (χ2n) is 6.29. The van der Waals surface area contributed by atoms with Gasteiger partial charge >= 0.3 is 6.09 Å². The number of hydrogen-bond donors (Lipinski definition) is 2. The lowest BCUT2D eigenvalue weighted by Gasteiger charge is -2.28. The highest BCUT2D eigenvalue weighted by Gasteiger charge is 2.24. The summed E-state index contributed by atoms with van der Waals surface area (Å²) in [7, 11) is 0. The number of hydrogen-bond acceptors (Lipinski definition) is 3. The fraction of sp³-hybridized carbons (Fsp3) is 0.611. The van der Waals surface area contributed by atoms with Crippen molar-refractivity contribution in [1.82, 2.24) is 5.32 Å². The lowest BCUT2D eigenvalue weighted by atomic mass is 9.84. The first-order valence-electron chi connectivity index (χ1n) is 8.30. The molecule has 1 aliphatic carbocycles. The molecule has 0 aromatic heterocycles. The topological polar surface area (TPSA) is 58.6 Å². The van der Waals surface area contributed by atoms with Gasteiger partial charge < -0.3 is 15.2 Å². The summed E-state index contributed by atoms with van der Waals surface area (Å²) < 4.78 is 5.24. The lowest BCUT2D eigenvalue weighted by Crippen LogP contribution is -2.43. The minimum atomic E-state index is -0.564. The maximum Gasteiger partial charge on any atom is 0.407 e. The number of nitrogens with one attached hydrogen (secondary N) is 1. The third kappa shape index (κ3) is 5.68. The summed E-state index contributed by atoms with van der Waals surface area (Å²) in [5.74, 6) is 0.600. The maximum atomic E-state index is 11.9. The number of aliphatic hydroxyl groups is 1. The van der Waals surface area contributed by atoms with Crippen molar-refractivity contribution in [3.63, 3.8) is 0 Å². The summed E-state index contributed by atoms with van der Waals surface area (Å²) in [6.45, 7) is 1.98. The summed E-state index contributed by atoms with van der Waals surface area (Å²) in [6, 6.07) is 9.36. The summed E-state index contributed by atoms with van der Waals surface area (Å²) in [5.41, 5.74) is 0.957. The average molecular weight is 305 g/mol. The van der Waals surface area contributed by atoms with Crippen LogP contribution in [0.4, 0.5) is 4.79 Å². The van der Waals surface area contributed by atoms with Gasteiger partial charge in [0.25, 0.3) is 0 Å². The number of aliphatic hydroxyl groups excluding tert-OH is 1. The Bertz CT molecular complexity index is 441. The van der Waals surface area contributed by atoms with E-state index in [2.05, 4.69) is 5.32 Å². The molecule has 1 fully saturated rings. The van der Waals surface area contributed by atoms with Crippen LogP contribution in [-0.4, -0.2) is 23.3 Å². The Hall–Kier alpha value is -1.55. The van der Waals surface area contributed by atoms with Crippen LogP contribution in [0.25, 0.3) is 0 Å². The van der Waals surface area contributed by atoms with Gasteiger partial charge in [-0.25, -0.2) is 4.79 Å². The first-order valence-corrected chi connectivity index (χ1v) is 8.30. The summed E-state index contributed by atoms with van der Waals surface area (Å²) in [4.78, 5) is 11.9. The molecule has 0 aliphatic heterocycles. The number of alkyl carbamates (subject to hydrolysis) is 1. The van der Waals surface area contributed by atoms with E-state index < -0.39 is 12.2 Å².